The molecule has 1 heterocycles. The third-order valence-corrected chi connectivity index (χ3v) is 5.33. The Morgan fingerprint density at radius 1 is 1.28 bits per heavy atom. The van der Waals surface area contributed by atoms with Crippen molar-refractivity contribution in [3.63, 3.8) is 0 Å². The van der Waals surface area contributed by atoms with E-state index in [1.54, 1.807) is 25.5 Å². The lowest BCUT2D eigenvalue weighted by atomic mass is 9.84. The first-order valence-electron chi connectivity index (χ1n) is 8.37. The highest BCUT2D eigenvalue weighted by Gasteiger charge is 2.21. The largest absolute Gasteiger partial charge is 0.497 e. The van der Waals surface area contributed by atoms with Gasteiger partial charge in [0.1, 0.15) is 10.8 Å². The fraction of sp³-hybridized carbons (Fsp3) is 0.474. The lowest BCUT2D eigenvalue weighted by molar-refractivity contribution is 0.411. The monoisotopic (exact) mass is 360 g/mol. The summed E-state index contributed by atoms with van der Waals surface area (Å²) in [4.78, 5) is 10.1. The second-order valence-electron chi connectivity index (χ2n) is 6.64. The van der Waals surface area contributed by atoms with Gasteiger partial charge in [0.2, 0.25) is 0 Å². The standard InChI is InChI=1S/C19H28N4OS/c1-13-14(2)25-17(23-13)11-21-18(20-5)22-12-19(3,4)15-8-7-9-16(10-15)24-6/h7-10H,11-12H2,1-6H3,(H2,20,21,22). The average molecular weight is 361 g/mol. The highest BCUT2D eigenvalue weighted by molar-refractivity contribution is 7.11. The fourth-order valence-corrected chi connectivity index (χ4v) is 3.32. The van der Waals surface area contributed by atoms with Crippen LogP contribution >= 0.6 is 11.3 Å². The molecule has 0 fully saturated rings. The second-order valence-corrected chi connectivity index (χ2v) is 7.93. The Labute approximate surface area is 154 Å². The summed E-state index contributed by atoms with van der Waals surface area (Å²) in [7, 11) is 3.48. The van der Waals surface area contributed by atoms with E-state index in [1.807, 2.05) is 19.1 Å². The number of benzene rings is 1. The number of hydrogen-bond acceptors (Lipinski definition) is 4. The van der Waals surface area contributed by atoms with Crippen LogP contribution < -0.4 is 15.4 Å². The van der Waals surface area contributed by atoms with E-state index in [0.717, 1.165) is 29.0 Å². The topological polar surface area (TPSA) is 58.5 Å². The zero-order valence-electron chi connectivity index (χ0n) is 15.9. The average Bonchev–Trinajstić information content (AvgIpc) is 2.93. The number of ether oxygens (including phenoxy) is 1. The zero-order valence-corrected chi connectivity index (χ0v) is 16.8. The Balaban J connectivity index is 1.94. The molecule has 0 radical (unpaired) electrons. The van der Waals surface area contributed by atoms with Crippen LogP contribution in [0.15, 0.2) is 29.3 Å². The van der Waals surface area contributed by atoms with Crippen LogP contribution in [0.2, 0.25) is 0 Å². The van der Waals surface area contributed by atoms with Crippen molar-refractivity contribution in [2.24, 2.45) is 4.99 Å². The molecule has 6 heteroatoms. The van der Waals surface area contributed by atoms with Gasteiger partial charge in [-0.1, -0.05) is 26.0 Å². The van der Waals surface area contributed by atoms with Crippen molar-refractivity contribution in [1.29, 1.82) is 0 Å². The quantitative estimate of drug-likeness (QED) is 0.612. The van der Waals surface area contributed by atoms with Crippen LogP contribution in [0.25, 0.3) is 0 Å². The molecule has 1 aromatic heterocycles. The van der Waals surface area contributed by atoms with Crippen LogP contribution in [0.3, 0.4) is 0 Å². The number of aliphatic imine (C=N–C) groups is 1. The number of methoxy groups -OCH3 is 1. The minimum atomic E-state index is -0.0550. The van der Waals surface area contributed by atoms with Gasteiger partial charge in [0, 0.05) is 23.9 Å². The number of aryl methyl sites for hydroxylation is 2. The minimum Gasteiger partial charge on any atom is -0.497 e. The van der Waals surface area contributed by atoms with Crippen molar-refractivity contribution in [2.75, 3.05) is 20.7 Å². The smallest absolute Gasteiger partial charge is 0.191 e. The van der Waals surface area contributed by atoms with E-state index < -0.39 is 0 Å². The molecule has 0 aliphatic rings. The van der Waals surface area contributed by atoms with Crippen molar-refractivity contribution >= 4 is 17.3 Å². The molecule has 0 aliphatic carbocycles. The van der Waals surface area contributed by atoms with Gasteiger partial charge in [-0.15, -0.1) is 11.3 Å². The van der Waals surface area contributed by atoms with Crippen LogP contribution in [0, 0.1) is 13.8 Å². The summed E-state index contributed by atoms with van der Waals surface area (Å²) in [5.74, 6) is 1.66. The molecule has 2 aromatic rings. The van der Waals surface area contributed by atoms with Gasteiger partial charge in [0.15, 0.2) is 5.96 Å². The first-order valence-corrected chi connectivity index (χ1v) is 9.19. The number of rotatable bonds is 6. The van der Waals surface area contributed by atoms with Gasteiger partial charge in [-0.05, 0) is 31.5 Å². The summed E-state index contributed by atoms with van der Waals surface area (Å²) < 4.78 is 5.33. The van der Waals surface area contributed by atoms with Crippen LogP contribution in [-0.2, 0) is 12.0 Å². The second kappa shape index (κ2) is 8.34. The number of guanidine groups is 1. The SMILES string of the molecule is CN=C(NCc1nc(C)c(C)s1)NCC(C)(C)c1cccc(OC)c1. The normalized spacial score (nSPS) is 12.2. The summed E-state index contributed by atoms with van der Waals surface area (Å²) in [6, 6.07) is 8.20. The van der Waals surface area contributed by atoms with Gasteiger partial charge in [0.05, 0.1) is 19.3 Å². The van der Waals surface area contributed by atoms with Gasteiger partial charge in [0.25, 0.3) is 0 Å². The van der Waals surface area contributed by atoms with E-state index in [2.05, 4.69) is 53.5 Å². The molecule has 25 heavy (non-hydrogen) atoms. The first-order chi connectivity index (χ1) is 11.9. The first kappa shape index (κ1) is 19.2. The van der Waals surface area contributed by atoms with E-state index in [0.29, 0.717) is 6.54 Å². The third-order valence-electron chi connectivity index (χ3n) is 4.25. The van der Waals surface area contributed by atoms with Gasteiger partial charge in [-0.3, -0.25) is 4.99 Å². The summed E-state index contributed by atoms with van der Waals surface area (Å²) >= 11 is 1.72. The summed E-state index contributed by atoms with van der Waals surface area (Å²) in [5, 5.41) is 7.82. The van der Waals surface area contributed by atoms with Crippen LogP contribution in [0.4, 0.5) is 0 Å². The third kappa shape index (κ3) is 5.19. The van der Waals surface area contributed by atoms with Crippen LogP contribution in [0.1, 0.15) is 35.0 Å². The molecule has 5 nitrogen and oxygen atoms in total. The van der Waals surface area contributed by atoms with E-state index >= 15 is 0 Å². The molecule has 0 atom stereocenters. The van der Waals surface area contributed by atoms with Gasteiger partial charge >= 0.3 is 0 Å². The molecule has 0 unspecified atom stereocenters. The Morgan fingerprint density at radius 2 is 2.04 bits per heavy atom. The van der Waals surface area contributed by atoms with Crippen molar-refractivity contribution < 1.29 is 4.74 Å². The van der Waals surface area contributed by atoms with Crippen molar-refractivity contribution in [3.05, 3.63) is 45.4 Å². The molecule has 0 aliphatic heterocycles. The molecular weight excluding hydrogens is 332 g/mol. The Bertz CT molecular complexity index is 717. The van der Waals surface area contributed by atoms with E-state index in [-0.39, 0.29) is 5.41 Å². The Morgan fingerprint density at radius 3 is 2.64 bits per heavy atom. The molecular formula is C19H28N4OS. The maximum Gasteiger partial charge on any atom is 0.191 e. The van der Waals surface area contributed by atoms with Gasteiger partial charge in [-0.2, -0.15) is 0 Å². The minimum absolute atomic E-state index is 0.0550. The lowest BCUT2D eigenvalue weighted by Gasteiger charge is -2.27. The molecule has 0 spiro atoms. The highest BCUT2D eigenvalue weighted by atomic mass is 32.1. The molecule has 0 saturated carbocycles. The fourth-order valence-electron chi connectivity index (χ4n) is 2.45. The van der Waals surface area contributed by atoms with Gasteiger partial charge in [-0.25, -0.2) is 4.98 Å². The molecule has 2 rings (SSSR count). The molecule has 136 valence electrons. The van der Waals surface area contributed by atoms with E-state index in [9.17, 15) is 0 Å². The number of thiazole rings is 1. The van der Waals surface area contributed by atoms with Crippen molar-refractivity contribution in [1.82, 2.24) is 15.6 Å². The molecule has 2 N–H and O–H groups in total. The van der Waals surface area contributed by atoms with E-state index in [4.69, 9.17) is 4.74 Å². The number of hydrogen-bond donors (Lipinski definition) is 2. The van der Waals surface area contributed by atoms with Crippen LogP contribution in [0.5, 0.6) is 5.75 Å². The number of aromatic nitrogens is 1. The predicted molar refractivity (Wildman–Crippen MR) is 106 cm³/mol. The summed E-state index contributed by atoms with van der Waals surface area (Å²) in [5.41, 5.74) is 2.27. The number of nitrogens with one attached hydrogen (secondary N) is 2. The molecule has 0 saturated heterocycles. The van der Waals surface area contributed by atoms with Gasteiger partial charge < -0.3 is 15.4 Å². The zero-order chi connectivity index (χ0) is 18.4. The van der Waals surface area contributed by atoms with Crippen molar-refractivity contribution in [3.8, 4) is 5.75 Å². The molecule has 0 bridgehead atoms. The number of nitrogens with zero attached hydrogens (tertiary/aromatic N) is 2. The summed E-state index contributed by atoms with van der Waals surface area (Å²) in [6.07, 6.45) is 0. The lowest BCUT2D eigenvalue weighted by Crippen LogP contribution is -2.43. The molecule has 1 aromatic carbocycles. The molecule has 0 amide bonds. The Kier molecular flexibility index (Phi) is 6.42. The van der Waals surface area contributed by atoms with Crippen molar-refractivity contribution in [2.45, 2.75) is 39.7 Å². The van der Waals surface area contributed by atoms with E-state index in [1.165, 1.54) is 10.4 Å². The Hall–Kier alpha value is -2.08. The predicted octanol–water partition coefficient (Wildman–Crippen LogP) is 3.41. The maximum atomic E-state index is 5.33. The maximum absolute atomic E-state index is 5.33. The van der Waals surface area contributed by atoms with Crippen LogP contribution in [-0.4, -0.2) is 31.6 Å². The highest BCUT2D eigenvalue weighted by Crippen LogP contribution is 2.25. The summed E-state index contributed by atoms with van der Waals surface area (Å²) in [6.45, 7) is 9.98.